The molecule has 4 heteroatoms. The third-order valence-electron chi connectivity index (χ3n) is 3.24. The van der Waals surface area contributed by atoms with Crippen molar-refractivity contribution in [1.29, 1.82) is 0 Å². The highest BCUT2D eigenvalue weighted by atomic mass is 35.5. The summed E-state index contributed by atoms with van der Waals surface area (Å²) < 4.78 is 5.89. The van der Waals surface area contributed by atoms with Crippen LogP contribution in [-0.4, -0.2) is 26.2 Å². The van der Waals surface area contributed by atoms with Gasteiger partial charge in [-0.15, -0.1) is 0 Å². The first-order valence-corrected chi connectivity index (χ1v) is 6.38. The van der Waals surface area contributed by atoms with Gasteiger partial charge in [0.2, 0.25) is 0 Å². The van der Waals surface area contributed by atoms with E-state index in [4.69, 9.17) is 22.1 Å². The number of hydrogen-bond donors (Lipinski definition) is 2. The van der Waals surface area contributed by atoms with Crippen molar-refractivity contribution in [2.45, 2.75) is 13.0 Å². The molecule has 2 rings (SSSR count). The van der Waals surface area contributed by atoms with E-state index in [0.29, 0.717) is 19.1 Å². The summed E-state index contributed by atoms with van der Waals surface area (Å²) in [4.78, 5) is 0. The van der Waals surface area contributed by atoms with Gasteiger partial charge in [-0.1, -0.05) is 23.7 Å². The van der Waals surface area contributed by atoms with Crippen molar-refractivity contribution in [3.05, 3.63) is 34.3 Å². The van der Waals surface area contributed by atoms with E-state index in [-0.39, 0.29) is 6.10 Å². The monoisotopic (exact) mass is 254 g/mol. The Bertz CT molecular complexity index is 384. The van der Waals surface area contributed by atoms with Crippen molar-refractivity contribution in [1.82, 2.24) is 5.32 Å². The number of benzene rings is 1. The fourth-order valence-corrected chi connectivity index (χ4v) is 2.34. The van der Waals surface area contributed by atoms with Gasteiger partial charge in [0.1, 0.15) is 0 Å². The van der Waals surface area contributed by atoms with Gasteiger partial charge in [0.25, 0.3) is 0 Å². The Morgan fingerprint density at radius 2 is 2.35 bits per heavy atom. The molecule has 1 heterocycles. The molecule has 0 radical (unpaired) electrons. The zero-order chi connectivity index (χ0) is 12.3. The number of hydrogen-bond acceptors (Lipinski definition) is 3. The topological polar surface area (TPSA) is 47.3 Å². The summed E-state index contributed by atoms with van der Waals surface area (Å²) in [5.41, 5.74) is 8.03. The first-order chi connectivity index (χ1) is 8.22. The summed E-state index contributed by atoms with van der Waals surface area (Å²) in [7, 11) is 0. The molecule has 2 unspecified atom stereocenters. The molecule has 0 amide bonds. The van der Waals surface area contributed by atoms with Gasteiger partial charge in [0.05, 0.1) is 12.7 Å². The van der Waals surface area contributed by atoms with E-state index in [1.807, 2.05) is 19.1 Å². The summed E-state index contributed by atoms with van der Waals surface area (Å²) in [6.45, 7) is 5.11. The summed E-state index contributed by atoms with van der Waals surface area (Å²) >= 11 is 6.16. The van der Waals surface area contributed by atoms with Gasteiger partial charge in [-0.05, 0) is 30.7 Å². The Balaban J connectivity index is 2.25. The molecule has 1 aliphatic heterocycles. The Labute approximate surface area is 107 Å². The molecule has 0 spiro atoms. The standard InChI is InChI=1S/C13H19ClN2O/c1-9-2-3-10(6-12(9)14)13-11(7-15)8-16-4-5-17-13/h2-3,6,11,13,16H,4-5,7-8,15H2,1H3. The molecule has 0 aliphatic carbocycles. The number of ether oxygens (including phenoxy) is 1. The Hall–Kier alpha value is -0.610. The minimum atomic E-state index is 0.0492. The molecule has 1 aromatic carbocycles. The molecule has 94 valence electrons. The quantitative estimate of drug-likeness (QED) is 0.847. The van der Waals surface area contributed by atoms with Gasteiger partial charge in [0.15, 0.2) is 0 Å². The van der Waals surface area contributed by atoms with E-state index in [1.165, 1.54) is 0 Å². The van der Waals surface area contributed by atoms with Gasteiger partial charge in [-0.3, -0.25) is 0 Å². The van der Waals surface area contributed by atoms with Crippen molar-refractivity contribution in [2.24, 2.45) is 11.7 Å². The van der Waals surface area contributed by atoms with Crippen LogP contribution in [0, 0.1) is 12.8 Å². The molecule has 0 aromatic heterocycles. The van der Waals surface area contributed by atoms with Crippen molar-refractivity contribution in [3.8, 4) is 0 Å². The van der Waals surface area contributed by atoms with Crippen LogP contribution >= 0.6 is 11.6 Å². The van der Waals surface area contributed by atoms with E-state index >= 15 is 0 Å². The molecular weight excluding hydrogens is 236 g/mol. The third kappa shape index (κ3) is 2.99. The molecule has 1 saturated heterocycles. The van der Waals surface area contributed by atoms with Gasteiger partial charge in [-0.25, -0.2) is 0 Å². The number of rotatable bonds is 2. The molecule has 1 fully saturated rings. The maximum Gasteiger partial charge on any atom is 0.0878 e. The second-order valence-electron chi connectivity index (χ2n) is 4.50. The van der Waals surface area contributed by atoms with Crippen LogP contribution in [0.2, 0.25) is 5.02 Å². The zero-order valence-electron chi connectivity index (χ0n) is 10.1. The maximum atomic E-state index is 6.16. The van der Waals surface area contributed by atoms with E-state index < -0.39 is 0 Å². The van der Waals surface area contributed by atoms with Gasteiger partial charge in [0, 0.05) is 24.0 Å². The second kappa shape index (κ2) is 5.83. The fourth-order valence-electron chi connectivity index (χ4n) is 2.15. The SMILES string of the molecule is Cc1ccc(C2OCCNCC2CN)cc1Cl. The number of aryl methyl sites for hydroxylation is 1. The average Bonchev–Trinajstić information content (AvgIpc) is 2.57. The minimum Gasteiger partial charge on any atom is -0.372 e. The fraction of sp³-hybridized carbons (Fsp3) is 0.538. The van der Waals surface area contributed by atoms with Crippen LogP contribution in [0.15, 0.2) is 18.2 Å². The number of nitrogens with two attached hydrogens (primary N) is 1. The third-order valence-corrected chi connectivity index (χ3v) is 3.65. The summed E-state index contributed by atoms with van der Waals surface area (Å²) in [5, 5.41) is 4.13. The molecule has 0 bridgehead atoms. The summed E-state index contributed by atoms with van der Waals surface area (Å²) in [5.74, 6) is 0.302. The molecule has 1 aliphatic rings. The lowest BCUT2D eigenvalue weighted by molar-refractivity contribution is 0.0332. The largest absolute Gasteiger partial charge is 0.372 e. The van der Waals surface area contributed by atoms with Gasteiger partial charge >= 0.3 is 0 Å². The molecule has 2 atom stereocenters. The highest BCUT2D eigenvalue weighted by Crippen LogP contribution is 2.29. The summed E-state index contributed by atoms with van der Waals surface area (Å²) in [6.07, 6.45) is 0.0492. The van der Waals surface area contributed by atoms with Crippen molar-refractivity contribution >= 4 is 11.6 Å². The van der Waals surface area contributed by atoms with Crippen molar-refractivity contribution < 1.29 is 4.74 Å². The molecule has 1 aromatic rings. The van der Waals surface area contributed by atoms with Crippen molar-refractivity contribution in [3.63, 3.8) is 0 Å². The molecule has 3 N–H and O–H groups in total. The van der Waals surface area contributed by atoms with E-state index in [0.717, 1.165) is 29.2 Å². The van der Waals surface area contributed by atoms with Crippen LogP contribution in [0.1, 0.15) is 17.2 Å². The van der Waals surface area contributed by atoms with Crippen LogP contribution in [0.25, 0.3) is 0 Å². The average molecular weight is 255 g/mol. The van der Waals surface area contributed by atoms with Crippen LogP contribution in [0.4, 0.5) is 0 Å². The Morgan fingerprint density at radius 1 is 1.53 bits per heavy atom. The Morgan fingerprint density at radius 3 is 3.06 bits per heavy atom. The molecule has 3 nitrogen and oxygen atoms in total. The minimum absolute atomic E-state index is 0.0492. The van der Waals surface area contributed by atoms with Gasteiger partial charge < -0.3 is 15.8 Å². The highest BCUT2D eigenvalue weighted by Gasteiger charge is 2.25. The van der Waals surface area contributed by atoms with Crippen LogP contribution in [0.5, 0.6) is 0 Å². The first kappa shape index (κ1) is 12.8. The van der Waals surface area contributed by atoms with Crippen LogP contribution < -0.4 is 11.1 Å². The Kier molecular flexibility index (Phi) is 4.40. The molecule has 0 saturated carbocycles. The smallest absolute Gasteiger partial charge is 0.0878 e. The predicted molar refractivity (Wildman–Crippen MR) is 70.3 cm³/mol. The predicted octanol–water partition coefficient (Wildman–Crippen LogP) is 1.88. The van der Waals surface area contributed by atoms with Crippen LogP contribution in [-0.2, 0) is 4.74 Å². The van der Waals surface area contributed by atoms with Crippen molar-refractivity contribution in [2.75, 3.05) is 26.2 Å². The van der Waals surface area contributed by atoms with E-state index in [9.17, 15) is 0 Å². The van der Waals surface area contributed by atoms with E-state index in [1.54, 1.807) is 0 Å². The lowest BCUT2D eigenvalue weighted by Crippen LogP contribution is -2.30. The van der Waals surface area contributed by atoms with E-state index in [2.05, 4.69) is 11.4 Å². The number of halogens is 1. The van der Waals surface area contributed by atoms with Crippen LogP contribution in [0.3, 0.4) is 0 Å². The lowest BCUT2D eigenvalue weighted by atomic mass is 9.95. The highest BCUT2D eigenvalue weighted by molar-refractivity contribution is 6.31. The lowest BCUT2D eigenvalue weighted by Gasteiger charge is -2.24. The first-order valence-electron chi connectivity index (χ1n) is 6.01. The molecular formula is C13H19ClN2O. The number of nitrogens with one attached hydrogen (secondary N) is 1. The van der Waals surface area contributed by atoms with Gasteiger partial charge in [-0.2, -0.15) is 0 Å². The molecule has 17 heavy (non-hydrogen) atoms. The maximum absolute atomic E-state index is 6.16. The summed E-state index contributed by atoms with van der Waals surface area (Å²) in [6, 6.07) is 6.11. The normalized spacial score (nSPS) is 25.6. The second-order valence-corrected chi connectivity index (χ2v) is 4.91. The zero-order valence-corrected chi connectivity index (χ0v) is 10.8.